The first-order valence-corrected chi connectivity index (χ1v) is 8.18. The highest BCUT2D eigenvalue weighted by Crippen LogP contribution is 2.29. The number of rotatable bonds is 8. The molecule has 2 rings (SSSR count). The van der Waals surface area contributed by atoms with Crippen LogP contribution in [0, 0.1) is 0 Å². The fourth-order valence-corrected chi connectivity index (χ4v) is 2.11. The molecule has 0 aromatic heterocycles. The van der Waals surface area contributed by atoms with Crippen molar-refractivity contribution >= 4 is 11.9 Å². The van der Waals surface area contributed by atoms with E-state index in [2.05, 4.69) is 17.5 Å². The third-order valence-corrected chi connectivity index (χ3v) is 3.52. The molecule has 0 radical (unpaired) electrons. The van der Waals surface area contributed by atoms with E-state index in [0.29, 0.717) is 12.3 Å². The van der Waals surface area contributed by atoms with Crippen molar-refractivity contribution in [2.45, 2.75) is 32.4 Å². The van der Waals surface area contributed by atoms with Crippen LogP contribution >= 0.6 is 0 Å². The van der Waals surface area contributed by atoms with Gasteiger partial charge in [0.2, 0.25) is 0 Å². The normalized spacial score (nSPS) is 11.7. The van der Waals surface area contributed by atoms with Crippen LogP contribution in [0.5, 0.6) is 5.75 Å². The topological polar surface area (TPSA) is 33.6 Å². The summed E-state index contributed by atoms with van der Waals surface area (Å²) in [7, 11) is 0. The third kappa shape index (κ3) is 6.49. The first kappa shape index (κ1) is 18.8. The largest absolute Gasteiger partial charge is 0.494 e. The van der Waals surface area contributed by atoms with E-state index in [9.17, 15) is 13.2 Å². The molecule has 134 valence electrons. The van der Waals surface area contributed by atoms with Gasteiger partial charge in [-0.3, -0.25) is 5.43 Å². The average Bonchev–Trinajstić information content (AvgIpc) is 2.60. The van der Waals surface area contributed by atoms with Gasteiger partial charge >= 0.3 is 6.18 Å². The van der Waals surface area contributed by atoms with E-state index >= 15 is 0 Å². The van der Waals surface area contributed by atoms with Crippen LogP contribution in [-0.4, -0.2) is 12.8 Å². The summed E-state index contributed by atoms with van der Waals surface area (Å²) < 4.78 is 43.1. The minimum Gasteiger partial charge on any atom is -0.494 e. The molecule has 2 aromatic rings. The second kappa shape index (κ2) is 9.11. The zero-order valence-corrected chi connectivity index (χ0v) is 14.0. The van der Waals surface area contributed by atoms with Gasteiger partial charge in [0, 0.05) is 0 Å². The van der Waals surface area contributed by atoms with Crippen molar-refractivity contribution in [2.24, 2.45) is 5.10 Å². The second-order valence-corrected chi connectivity index (χ2v) is 5.57. The molecule has 25 heavy (non-hydrogen) atoms. The van der Waals surface area contributed by atoms with E-state index in [1.54, 1.807) is 6.21 Å². The molecule has 0 fully saturated rings. The Morgan fingerprint density at radius 3 is 2.28 bits per heavy atom. The van der Waals surface area contributed by atoms with Crippen LogP contribution in [-0.2, 0) is 6.18 Å². The van der Waals surface area contributed by atoms with Crippen LogP contribution in [0.25, 0.3) is 0 Å². The van der Waals surface area contributed by atoms with Gasteiger partial charge in [0.25, 0.3) is 0 Å². The van der Waals surface area contributed by atoms with Gasteiger partial charge in [-0.2, -0.15) is 18.3 Å². The van der Waals surface area contributed by atoms with Gasteiger partial charge < -0.3 is 4.74 Å². The molecule has 1 N–H and O–H groups in total. The highest BCUT2D eigenvalue weighted by molar-refractivity contribution is 5.80. The summed E-state index contributed by atoms with van der Waals surface area (Å²) >= 11 is 0. The Balaban J connectivity index is 1.83. The molecule has 0 unspecified atom stereocenters. The number of alkyl halides is 3. The third-order valence-electron chi connectivity index (χ3n) is 3.52. The van der Waals surface area contributed by atoms with E-state index in [1.807, 2.05) is 24.3 Å². The van der Waals surface area contributed by atoms with Crippen molar-refractivity contribution in [1.82, 2.24) is 0 Å². The molecule has 0 spiro atoms. The molecule has 0 atom stereocenters. The lowest BCUT2D eigenvalue weighted by atomic mass is 10.2. The quantitative estimate of drug-likeness (QED) is 0.375. The van der Waals surface area contributed by atoms with E-state index in [-0.39, 0.29) is 0 Å². The Bertz CT molecular complexity index is 665. The van der Waals surface area contributed by atoms with Crippen molar-refractivity contribution in [3.8, 4) is 5.75 Å². The van der Waals surface area contributed by atoms with Crippen LogP contribution < -0.4 is 10.2 Å². The minimum atomic E-state index is -4.33. The Morgan fingerprint density at radius 2 is 1.68 bits per heavy atom. The van der Waals surface area contributed by atoms with Gasteiger partial charge in [0.1, 0.15) is 5.75 Å². The number of unbranched alkanes of at least 4 members (excludes halogenated alkanes) is 2. The standard InChI is InChI=1S/C19H21F3N2O/c1-2-3-4-13-25-18-11-5-15(6-12-18)14-23-24-17-9-7-16(8-10-17)19(20,21)22/h5-12,14,24H,2-4,13H2,1H3. The Kier molecular flexibility index (Phi) is 6.86. The predicted octanol–water partition coefficient (Wildman–Crippen LogP) is 5.72. The second-order valence-electron chi connectivity index (χ2n) is 5.57. The summed E-state index contributed by atoms with van der Waals surface area (Å²) in [5, 5.41) is 4.02. The molecule has 3 nitrogen and oxygen atoms in total. The number of benzene rings is 2. The lowest BCUT2D eigenvalue weighted by molar-refractivity contribution is -0.137. The average molecular weight is 350 g/mol. The fourth-order valence-electron chi connectivity index (χ4n) is 2.11. The molecular weight excluding hydrogens is 329 g/mol. The maximum atomic E-state index is 12.5. The Labute approximate surface area is 145 Å². The van der Waals surface area contributed by atoms with Gasteiger partial charge in [0.05, 0.1) is 24.1 Å². The number of hydrogen-bond acceptors (Lipinski definition) is 3. The fraction of sp³-hybridized carbons (Fsp3) is 0.316. The van der Waals surface area contributed by atoms with E-state index in [1.165, 1.54) is 12.1 Å². The highest BCUT2D eigenvalue weighted by atomic mass is 19.4. The van der Waals surface area contributed by atoms with Crippen LogP contribution in [0.1, 0.15) is 37.3 Å². The van der Waals surface area contributed by atoms with Crippen LogP contribution in [0.2, 0.25) is 0 Å². The smallest absolute Gasteiger partial charge is 0.416 e. The molecule has 0 aliphatic heterocycles. The molecule has 0 bridgehead atoms. The Morgan fingerprint density at radius 1 is 1.00 bits per heavy atom. The van der Waals surface area contributed by atoms with Crippen molar-refractivity contribution < 1.29 is 17.9 Å². The van der Waals surface area contributed by atoms with E-state index < -0.39 is 11.7 Å². The monoisotopic (exact) mass is 350 g/mol. The number of hydrogen-bond donors (Lipinski definition) is 1. The SMILES string of the molecule is CCCCCOc1ccc(C=NNc2ccc(C(F)(F)F)cc2)cc1. The molecule has 6 heteroatoms. The van der Waals surface area contributed by atoms with E-state index in [4.69, 9.17) is 4.74 Å². The van der Waals surface area contributed by atoms with E-state index in [0.717, 1.165) is 42.7 Å². The number of halogens is 3. The van der Waals surface area contributed by atoms with Crippen LogP contribution in [0.15, 0.2) is 53.6 Å². The van der Waals surface area contributed by atoms with Gasteiger partial charge in [-0.1, -0.05) is 19.8 Å². The molecule has 0 saturated heterocycles. The summed E-state index contributed by atoms with van der Waals surface area (Å²) in [6.45, 7) is 2.85. The molecule has 0 heterocycles. The lowest BCUT2D eigenvalue weighted by Gasteiger charge is -2.07. The van der Waals surface area contributed by atoms with Crippen molar-refractivity contribution in [1.29, 1.82) is 0 Å². The maximum Gasteiger partial charge on any atom is 0.416 e. The summed E-state index contributed by atoms with van der Waals surface area (Å²) in [5.74, 6) is 0.809. The van der Waals surface area contributed by atoms with Gasteiger partial charge in [-0.15, -0.1) is 0 Å². The van der Waals surface area contributed by atoms with Gasteiger partial charge in [0.15, 0.2) is 0 Å². The summed E-state index contributed by atoms with van der Waals surface area (Å²) in [4.78, 5) is 0. The summed E-state index contributed by atoms with van der Waals surface area (Å²) in [5.41, 5.74) is 3.37. The first-order chi connectivity index (χ1) is 12.0. The number of ether oxygens (including phenoxy) is 1. The minimum absolute atomic E-state index is 0.486. The van der Waals surface area contributed by atoms with Crippen molar-refractivity contribution in [3.05, 3.63) is 59.7 Å². The van der Waals surface area contributed by atoms with Crippen LogP contribution in [0.3, 0.4) is 0 Å². The molecule has 0 amide bonds. The summed E-state index contributed by atoms with van der Waals surface area (Å²) in [6.07, 6.45) is 0.614. The number of hydrazone groups is 1. The molecule has 0 saturated carbocycles. The maximum absolute atomic E-state index is 12.5. The summed E-state index contributed by atoms with van der Waals surface area (Å²) in [6, 6.07) is 12.2. The lowest BCUT2D eigenvalue weighted by Crippen LogP contribution is -2.04. The number of nitrogens with one attached hydrogen (secondary N) is 1. The number of anilines is 1. The van der Waals surface area contributed by atoms with Crippen molar-refractivity contribution in [2.75, 3.05) is 12.0 Å². The van der Waals surface area contributed by atoms with Crippen molar-refractivity contribution in [3.63, 3.8) is 0 Å². The molecular formula is C19H21F3N2O. The molecule has 2 aromatic carbocycles. The number of nitrogens with zero attached hydrogens (tertiary/aromatic N) is 1. The molecule has 0 aliphatic carbocycles. The van der Waals surface area contributed by atoms with Crippen LogP contribution in [0.4, 0.5) is 18.9 Å². The van der Waals surface area contributed by atoms with Gasteiger partial charge in [-0.05, 0) is 60.5 Å². The zero-order chi connectivity index (χ0) is 18.1. The predicted molar refractivity (Wildman–Crippen MR) is 94.1 cm³/mol. The Hall–Kier alpha value is -2.50. The molecule has 0 aliphatic rings. The zero-order valence-electron chi connectivity index (χ0n) is 14.0. The van der Waals surface area contributed by atoms with Gasteiger partial charge in [-0.25, -0.2) is 0 Å². The first-order valence-electron chi connectivity index (χ1n) is 8.18. The highest BCUT2D eigenvalue weighted by Gasteiger charge is 2.29.